The van der Waals surface area contributed by atoms with Gasteiger partial charge in [0.05, 0.1) is 21.7 Å². The second-order valence-electron chi connectivity index (χ2n) is 7.55. The summed E-state index contributed by atoms with van der Waals surface area (Å²) in [5, 5.41) is 15.2. The van der Waals surface area contributed by atoms with Gasteiger partial charge in [0.2, 0.25) is 0 Å². The average molecular weight is 548 g/mol. The number of nitro groups is 1. The third-order valence-electron chi connectivity index (χ3n) is 4.90. The molecule has 0 spiro atoms. The molecule has 0 bridgehead atoms. The number of hydrogen-bond donors (Lipinski definition) is 1. The number of ether oxygens (including phenoxy) is 2. The number of carbonyl (C=O) groups excluding carboxylic acids is 1. The van der Waals surface area contributed by atoms with E-state index in [9.17, 15) is 14.9 Å². The molecule has 0 radical (unpaired) electrons. The van der Waals surface area contributed by atoms with E-state index in [1.54, 1.807) is 49.4 Å². The van der Waals surface area contributed by atoms with Crippen molar-refractivity contribution < 1.29 is 23.6 Å². The Bertz CT molecular complexity index is 1450. The molecule has 1 amide bonds. The fourth-order valence-corrected chi connectivity index (χ4v) is 3.62. The van der Waals surface area contributed by atoms with E-state index < -0.39 is 10.8 Å². The van der Waals surface area contributed by atoms with Crippen LogP contribution in [0.25, 0.3) is 0 Å². The lowest BCUT2D eigenvalue weighted by molar-refractivity contribution is -0.384. The van der Waals surface area contributed by atoms with E-state index in [1.807, 2.05) is 0 Å². The van der Waals surface area contributed by atoms with E-state index in [2.05, 4.69) is 5.32 Å². The molecule has 0 aliphatic heterocycles. The number of aryl methyl sites for hydroxylation is 1. The van der Waals surface area contributed by atoms with Gasteiger partial charge in [0.25, 0.3) is 11.6 Å². The van der Waals surface area contributed by atoms with E-state index >= 15 is 0 Å². The molecule has 0 atom stereocenters. The lowest BCUT2D eigenvalue weighted by atomic mass is 10.2. The van der Waals surface area contributed by atoms with E-state index in [1.165, 1.54) is 24.3 Å². The van der Waals surface area contributed by atoms with Gasteiger partial charge in [-0.05, 0) is 55.0 Å². The van der Waals surface area contributed by atoms with Crippen molar-refractivity contribution in [3.8, 4) is 17.2 Å². The molecule has 8 nitrogen and oxygen atoms in total. The molecule has 0 saturated carbocycles. The Morgan fingerprint density at radius 2 is 1.81 bits per heavy atom. The van der Waals surface area contributed by atoms with Gasteiger partial charge < -0.3 is 19.2 Å². The first kappa shape index (κ1) is 25.4. The maximum Gasteiger partial charge on any atom is 0.291 e. The number of nitro benzene ring substituents is 1. The third-order valence-corrected chi connectivity index (χ3v) is 6.12. The van der Waals surface area contributed by atoms with Crippen LogP contribution < -0.4 is 14.8 Å². The zero-order valence-electron chi connectivity index (χ0n) is 18.6. The van der Waals surface area contributed by atoms with Crippen LogP contribution in [0, 0.1) is 17.0 Å². The highest BCUT2D eigenvalue weighted by Gasteiger charge is 2.17. The van der Waals surface area contributed by atoms with Gasteiger partial charge >= 0.3 is 0 Å². The maximum absolute atomic E-state index is 12.7. The van der Waals surface area contributed by atoms with Crippen LogP contribution in [0.1, 0.15) is 21.9 Å². The summed E-state index contributed by atoms with van der Waals surface area (Å²) in [4.78, 5) is 23.6. The number of rotatable bonds is 8. The highest BCUT2D eigenvalue weighted by molar-refractivity contribution is 6.42. The number of non-ortho nitro benzene ring substituents is 1. The molecule has 1 N–H and O–H groups in total. The molecule has 4 aromatic rings. The third kappa shape index (κ3) is 6.09. The van der Waals surface area contributed by atoms with E-state index in [0.29, 0.717) is 27.3 Å². The summed E-state index contributed by atoms with van der Waals surface area (Å²) < 4.78 is 16.9. The molecule has 1 heterocycles. The predicted molar refractivity (Wildman–Crippen MR) is 137 cm³/mol. The quantitative estimate of drug-likeness (QED) is 0.177. The minimum atomic E-state index is -0.615. The monoisotopic (exact) mass is 546 g/mol. The first-order valence-electron chi connectivity index (χ1n) is 10.4. The molecule has 4 rings (SSSR count). The average Bonchev–Trinajstić information content (AvgIpc) is 3.31. The molecule has 0 fully saturated rings. The SMILES string of the molecule is Cc1cc(Oc2cc(NC(=O)c3ccc(COc4cccc(Cl)c4Cl)o3)cc([N+](=O)[O-])c2)ccc1Cl. The summed E-state index contributed by atoms with van der Waals surface area (Å²) in [5.41, 5.74) is 0.665. The van der Waals surface area contributed by atoms with Gasteiger partial charge in [0.15, 0.2) is 5.76 Å². The molecule has 0 aliphatic carbocycles. The molecular weight excluding hydrogens is 531 g/mol. The highest BCUT2D eigenvalue weighted by Crippen LogP contribution is 2.33. The van der Waals surface area contributed by atoms with Gasteiger partial charge in [0, 0.05) is 17.2 Å². The Hall–Kier alpha value is -3.72. The number of hydrogen-bond acceptors (Lipinski definition) is 6. The second-order valence-corrected chi connectivity index (χ2v) is 8.74. The summed E-state index contributed by atoms with van der Waals surface area (Å²) in [7, 11) is 0. The van der Waals surface area contributed by atoms with Crippen molar-refractivity contribution in [1.29, 1.82) is 0 Å². The molecule has 3 aromatic carbocycles. The molecule has 184 valence electrons. The predicted octanol–water partition coefficient (Wildman–Crippen LogP) is 8.08. The smallest absolute Gasteiger partial charge is 0.291 e. The van der Waals surface area contributed by atoms with Crippen molar-refractivity contribution >= 4 is 52.1 Å². The number of anilines is 1. The van der Waals surface area contributed by atoms with Gasteiger partial charge in [-0.3, -0.25) is 14.9 Å². The number of carbonyl (C=O) groups is 1. The van der Waals surface area contributed by atoms with Crippen molar-refractivity contribution in [1.82, 2.24) is 0 Å². The van der Waals surface area contributed by atoms with Crippen molar-refractivity contribution in [3.05, 3.63) is 109 Å². The first-order chi connectivity index (χ1) is 17.2. The first-order valence-corrected chi connectivity index (χ1v) is 11.5. The number of benzene rings is 3. The van der Waals surface area contributed by atoms with Crippen LogP contribution in [0.15, 0.2) is 71.1 Å². The van der Waals surface area contributed by atoms with Crippen LogP contribution in [0.3, 0.4) is 0 Å². The minimum absolute atomic E-state index is 0.00263. The zero-order valence-corrected chi connectivity index (χ0v) is 20.9. The maximum atomic E-state index is 12.7. The molecule has 1 aromatic heterocycles. The van der Waals surface area contributed by atoms with E-state index in [4.69, 9.17) is 48.7 Å². The van der Waals surface area contributed by atoms with E-state index in [0.717, 1.165) is 5.56 Å². The Morgan fingerprint density at radius 3 is 2.56 bits per heavy atom. The highest BCUT2D eigenvalue weighted by atomic mass is 35.5. The summed E-state index contributed by atoms with van der Waals surface area (Å²) >= 11 is 18.1. The lowest BCUT2D eigenvalue weighted by Gasteiger charge is -2.10. The number of amides is 1. The van der Waals surface area contributed by atoms with Crippen LogP contribution in [-0.2, 0) is 6.61 Å². The standard InChI is InChI=1S/C25H17Cl3N2O6/c1-14-9-17(5-7-20(14)26)35-19-11-15(10-16(12-19)30(32)33)29-25(31)23-8-6-18(36-23)13-34-22-4-2-3-21(27)24(22)28/h2-12H,13H2,1H3,(H,29,31). The van der Waals surface area contributed by atoms with Crippen molar-refractivity contribution in [2.24, 2.45) is 0 Å². The van der Waals surface area contributed by atoms with Crippen molar-refractivity contribution in [3.63, 3.8) is 0 Å². The summed E-state index contributed by atoms with van der Waals surface area (Å²) in [6.07, 6.45) is 0. The minimum Gasteiger partial charge on any atom is -0.484 e. The van der Waals surface area contributed by atoms with Crippen LogP contribution in [-0.4, -0.2) is 10.8 Å². The van der Waals surface area contributed by atoms with Crippen molar-refractivity contribution in [2.75, 3.05) is 5.32 Å². The second kappa shape index (κ2) is 10.9. The Morgan fingerprint density at radius 1 is 1.00 bits per heavy atom. The Balaban J connectivity index is 1.48. The molecule has 0 aliphatic rings. The zero-order chi connectivity index (χ0) is 25.8. The normalized spacial score (nSPS) is 10.7. The Kier molecular flexibility index (Phi) is 7.69. The molecular formula is C25H17Cl3N2O6. The number of nitrogens with one attached hydrogen (secondary N) is 1. The van der Waals surface area contributed by atoms with Gasteiger partial charge in [0.1, 0.15) is 34.6 Å². The summed E-state index contributed by atoms with van der Waals surface area (Å²) in [6.45, 7) is 1.81. The van der Waals surface area contributed by atoms with Gasteiger partial charge in [-0.1, -0.05) is 40.9 Å². The van der Waals surface area contributed by atoms with Gasteiger partial charge in [-0.2, -0.15) is 0 Å². The van der Waals surface area contributed by atoms with Crippen molar-refractivity contribution in [2.45, 2.75) is 13.5 Å². The van der Waals surface area contributed by atoms with Gasteiger partial charge in [-0.25, -0.2) is 0 Å². The molecule has 36 heavy (non-hydrogen) atoms. The fraction of sp³-hybridized carbons (Fsp3) is 0.0800. The van der Waals surface area contributed by atoms with Gasteiger partial charge in [-0.15, -0.1) is 0 Å². The lowest BCUT2D eigenvalue weighted by Crippen LogP contribution is -2.11. The van der Waals surface area contributed by atoms with E-state index in [-0.39, 0.29) is 34.5 Å². The topological polar surface area (TPSA) is 104 Å². The summed E-state index contributed by atoms with van der Waals surface area (Å²) in [5.74, 6) is 0.686. The van der Waals surface area contributed by atoms with Crippen LogP contribution in [0.5, 0.6) is 17.2 Å². The number of furan rings is 1. The van der Waals surface area contributed by atoms with Crippen LogP contribution >= 0.6 is 34.8 Å². The fourth-order valence-electron chi connectivity index (χ4n) is 3.15. The van der Waals surface area contributed by atoms with Crippen LogP contribution in [0.4, 0.5) is 11.4 Å². The van der Waals surface area contributed by atoms with Crippen LogP contribution in [0.2, 0.25) is 15.1 Å². The molecule has 0 unspecified atom stereocenters. The summed E-state index contributed by atoms with van der Waals surface area (Å²) in [6, 6.07) is 16.9. The molecule has 0 saturated heterocycles. The largest absolute Gasteiger partial charge is 0.484 e. The number of halogens is 3. The number of nitrogens with zero attached hydrogens (tertiary/aromatic N) is 1. The molecule has 11 heteroatoms. The Labute approximate surface area is 220 Å².